The summed E-state index contributed by atoms with van der Waals surface area (Å²) in [5.74, 6) is 0.442. The standard InChI is InChI=1S/C22H28N6O5/c1-14(2)17(25-22(30)33-11-16-7-5-4-6-8-16)15(3)32-10-9-31-13-28-12-24-18-19(28)26-21(23)27-20(18)29/h4-8,12,14,17H,3,9-11,13H2,1-2H3,(H,25,30)(H3,23,26,27,29)/t17-/m0/s1. The Morgan fingerprint density at radius 3 is 2.73 bits per heavy atom. The molecule has 2 heterocycles. The van der Waals surface area contributed by atoms with Gasteiger partial charge in [-0.25, -0.2) is 9.78 Å². The Morgan fingerprint density at radius 1 is 1.24 bits per heavy atom. The second kappa shape index (κ2) is 11.1. The number of benzene rings is 1. The number of carbonyl (C=O) groups excluding carboxylic acids is 1. The van der Waals surface area contributed by atoms with E-state index in [-0.39, 0.29) is 43.9 Å². The minimum Gasteiger partial charge on any atom is -0.494 e. The van der Waals surface area contributed by atoms with Gasteiger partial charge in [-0.2, -0.15) is 4.98 Å². The van der Waals surface area contributed by atoms with E-state index in [4.69, 9.17) is 19.9 Å². The van der Waals surface area contributed by atoms with Gasteiger partial charge in [0.1, 0.15) is 25.7 Å². The van der Waals surface area contributed by atoms with E-state index < -0.39 is 17.7 Å². The SMILES string of the molecule is C=C(OCCOCn1cnc2c(=O)[nH]c(N)nc21)[C@@H](NC(=O)OCc1ccccc1)C(C)C. The number of nitrogens with one attached hydrogen (secondary N) is 2. The largest absolute Gasteiger partial charge is 0.494 e. The van der Waals surface area contributed by atoms with Gasteiger partial charge >= 0.3 is 6.09 Å². The molecule has 0 saturated carbocycles. The normalized spacial score (nSPS) is 12.0. The van der Waals surface area contributed by atoms with Gasteiger partial charge in [0.15, 0.2) is 11.2 Å². The Balaban J connectivity index is 1.42. The highest BCUT2D eigenvalue weighted by Crippen LogP contribution is 2.13. The topological polar surface area (TPSA) is 146 Å². The zero-order chi connectivity index (χ0) is 23.8. The summed E-state index contributed by atoms with van der Waals surface area (Å²) in [5.41, 5.74) is 6.58. The second-order valence-electron chi connectivity index (χ2n) is 7.62. The molecule has 0 bridgehead atoms. The maximum absolute atomic E-state index is 12.2. The van der Waals surface area contributed by atoms with E-state index in [9.17, 15) is 9.59 Å². The molecule has 2 aromatic heterocycles. The second-order valence-corrected chi connectivity index (χ2v) is 7.62. The first kappa shape index (κ1) is 23.8. The number of alkyl carbamates (subject to hydrolysis) is 1. The predicted octanol–water partition coefficient (Wildman–Crippen LogP) is 2.16. The number of hydrogen-bond donors (Lipinski definition) is 3. The van der Waals surface area contributed by atoms with E-state index in [1.54, 1.807) is 4.57 Å². The van der Waals surface area contributed by atoms with Crippen LogP contribution < -0.4 is 16.6 Å². The van der Waals surface area contributed by atoms with Gasteiger partial charge in [0.05, 0.1) is 19.0 Å². The Bertz CT molecular complexity index is 1140. The molecule has 0 saturated heterocycles. The number of imidazole rings is 1. The molecular formula is C22H28N6O5. The average molecular weight is 457 g/mol. The lowest BCUT2D eigenvalue weighted by Crippen LogP contribution is -2.40. The van der Waals surface area contributed by atoms with Crippen molar-refractivity contribution < 1.29 is 19.0 Å². The molecule has 33 heavy (non-hydrogen) atoms. The molecule has 0 fully saturated rings. The van der Waals surface area contributed by atoms with Gasteiger partial charge < -0.3 is 25.3 Å². The molecule has 0 radical (unpaired) electrons. The van der Waals surface area contributed by atoms with Crippen LogP contribution in [0.2, 0.25) is 0 Å². The molecular weight excluding hydrogens is 428 g/mol. The average Bonchev–Trinajstić information content (AvgIpc) is 3.19. The fourth-order valence-corrected chi connectivity index (χ4v) is 3.06. The van der Waals surface area contributed by atoms with E-state index in [0.29, 0.717) is 11.4 Å². The third kappa shape index (κ3) is 6.56. The van der Waals surface area contributed by atoms with Crippen LogP contribution in [0, 0.1) is 5.92 Å². The van der Waals surface area contributed by atoms with Gasteiger partial charge in [0.25, 0.3) is 5.56 Å². The van der Waals surface area contributed by atoms with Gasteiger partial charge in [0.2, 0.25) is 5.95 Å². The molecule has 0 aliphatic carbocycles. The molecule has 4 N–H and O–H groups in total. The number of aromatic nitrogens is 4. The number of amides is 1. The van der Waals surface area contributed by atoms with E-state index >= 15 is 0 Å². The van der Waals surface area contributed by atoms with Crippen molar-refractivity contribution >= 4 is 23.2 Å². The van der Waals surface area contributed by atoms with Crippen LogP contribution in [-0.2, 0) is 27.5 Å². The summed E-state index contributed by atoms with van der Waals surface area (Å²) in [4.78, 5) is 34.5. The van der Waals surface area contributed by atoms with E-state index in [1.807, 2.05) is 44.2 Å². The summed E-state index contributed by atoms with van der Waals surface area (Å²) in [5, 5.41) is 2.79. The lowest BCUT2D eigenvalue weighted by molar-refractivity contribution is 0.0338. The van der Waals surface area contributed by atoms with Crippen LogP contribution in [0.3, 0.4) is 0 Å². The zero-order valence-corrected chi connectivity index (χ0v) is 18.6. The van der Waals surface area contributed by atoms with Crippen molar-refractivity contribution in [2.24, 2.45) is 5.92 Å². The first-order valence-electron chi connectivity index (χ1n) is 10.4. The fourth-order valence-electron chi connectivity index (χ4n) is 3.06. The van der Waals surface area contributed by atoms with Gasteiger partial charge in [-0.3, -0.25) is 14.3 Å². The fraction of sp³-hybridized carbons (Fsp3) is 0.364. The van der Waals surface area contributed by atoms with E-state index in [0.717, 1.165) is 5.56 Å². The van der Waals surface area contributed by atoms with Crippen LogP contribution in [0.5, 0.6) is 0 Å². The number of H-pyrrole nitrogens is 1. The third-order valence-corrected chi connectivity index (χ3v) is 4.74. The Labute approximate surface area is 190 Å². The number of fused-ring (bicyclic) bond motifs is 1. The summed E-state index contributed by atoms with van der Waals surface area (Å²) in [6.07, 6.45) is 0.902. The Hall–Kier alpha value is -3.86. The van der Waals surface area contributed by atoms with Gasteiger partial charge in [-0.15, -0.1) is 0 Å². The minimum atomic E-state index is -0.549. The highest BCUT2D eigenvalue weighted by molar-refractivity contribution is 5.70. The van der Waals surface area contributed by atoms with Crippen LogP contribution in [0.1, 0.15) is 19.4 Å². The van der Waals surface area contributed by atoms with Crippen LogP contribution in [0.15, 0.2) is 53.8 Å². The molecule has 3 aromatic rings. The summed E-state index contributed by atoms with van der Waals surface area (Å²) in [6, 6.07) is 8.99. The molecule has 0 unspecified atom stereocenters. The Morgan fingerprint density at radius 2 is 2.00 bits per heavy atom. The summed E-state index contributed by atoms with van der Waals surface area (Å²) < 4.78 is 18.1. The number of hydrogen-bond acceptors (Lipinski definition) is 8. The molecule has 176 valence electrons. The number of aromatic amines is 1. The number of nitrogens with zero attached hydrogens (tertiary/aromatic N) is 3. The van der Waals surface area contributed by atoms with E-state index in [1.165, 1.54) is 6.33 Å². The van der Waals surface area contributed by atoms with E-state index in [2.05, 4.69) is 26.8 Å². The number of nitrogen functional groups attached to an aromatic ring is 1. The molecule has 3 rings (SSSR count). The molecule has 0 aliphatic heterocycles. The quantitative estimate of drug-likeness (QED) is 0.294. The monoisotopic (exact) mass is 456 g/mol. The van der Waals surface area contributed by atoms with Crippen molar-refractivity contribution in [2.45, 2.75) is 33.2 Å². The van der Waals surface area contributed by atoms with Gasteiger partial charge in [-0.1, -0.05) is 50.8 Å². The minimum absolute atomic E-state index is 0.00315. The van der Waals surface area contributed by atoms with Crippen molar-refractivity contribution in [1.29, 1.82) is 0 Å². The van der Waals surface area contributed by atoms with Crippen molar-refractivity contribution in [3.63, 3.8) is 0 Å². The smallest absolute Gasteiger partial charge is 0.408 e. The number of rotatable bonds is 11. The predicted molar refractivity (Wildman–Crippen MR) is 122 cm³/mol. The van der Waals surface area contributed by atoms with Crippen molar-refractivity contribution in [3.05, 3.63) is 64.9 Å². The molecule has 1 atom stereocenters. The zero-order valence-electron chi connectivity index (χ0n) is 18.6. The van der Waals surface area contributed by atoms with Crippen molar-refractivity contribution in [1.82, 2.24) is 24.8 Å². The molecule has 0 spiro atoms. The molecule has 0 aliphatic rings. The maximum Gasteiger partial charge on any atom is 0.408 e. The lowest BCUT2D eigenvalue weighted by Gasteiger charge is -2.24. The van der Waals surface area contributed by atoms with Gasteiger partial charge in [0, 0.05) is 0 Å². The summed E-state index contributed by atoms with van der Waals surface area (Å²) >= 11 is 0. The number of carbonyl (C=O) groups is 1. The van der Waals surface area contributed by atoms with Crippen LogP contribution >= 0.6 is 0 Å². The highest BCUT2D eigenvalue weighted by atomic mass is 16.6. The van der Waals surface area contributed by atoms with Crippen LogP contribution in [-0.4, -0.2) is 44.9 Å². The molecule has 11 nitrogen and oxygen atoms in total. The Kier molecular flexibility index (Phi) is 8.03. The lowest BCUT2D eigenvalue weighted by atomic mass is 10.0. The first-order chi connectivity index (χ1) is 15.8. The first-order valence-corrected chi connectivity index (χ1v) is 10.4. The third-order valence-electron chi connectivity index (χ3n) is 4.74. The molecule has 11 heteroatoms. The number of nitrogens with two attached hydrogens (primary N) is 1. The maximum atomic E-state index is 12.2. The number of anilines is 1. The molecule has 1 amide bonds. The van der Waals surface area contributed by atoms with Crippen LogP contribution in [0.4, 0.5) is 10.7 Å². The van der Waals surface area contributed by atoms with Gasteiger partial charge in [-0.05, 0) is 11.5 Å². The van der Waals surface area contributed by atoms with Crippen molar-refractivity contribution in [3.8, 4) is 0 Å². The number of ether oxygens (including phenoxy) is 3. The highest BCUT2D eigenvalue weighted by Gasteiger charge is 2.21. The van der Waals surface area contributed by atoms with Crippen molar-refractivity contribution in [2.75, 3.05) is 18.9 Å². The summed E-state index contributed by atoms with van der Waals surface area (Å²) in [7, 11) is 0. The molecule has 1 aromatic carbocycles. The summed E-state index contributed by atoms with van der Waals surface area (Å²) in [6.45, 7) is 8.55. The van der Waals surface area contributed by atoms with Crippen LogP contribution in [0.25, 0.3) is 11.2 Å².